The monoisotopic (exact) mass is 302 g/mol. The van der Waals surface area contributed by atoms with E-state index in [1.54, 1.807) is 0 Å². The molecule has 1 N–H and O–H groups in total. The van der Waals surface area contributed by atoms with Crippen molar-refractivity contribution in [3.63, 3.8) is 0 Å². The predicted molar refractivity (Wildman–Crippen MR) is 91.5 cm³/mol. The van der Waals surface area contributed by atoms with Crippen LogP contribution in [0.3, 0.4) is 0 Å². The maximum atomic E-state index is 9.25. The molecule has 0 heterocycles. The minimum Gasteiger partial charge on any atom is -0.392 e. The van der Waals surface area contributed by atoms with Gasteiger partial charge >= 0.3 is 0 Å². The Bertz CT molecular complexity index is 441. The second kappa shape index (κ2) is 5.65. The van der Waals surface area contributed by atoms with Crippen LogP contribution >= 0.6 is 0 Å². The predicted octanol–water partition coefficient (Wildman–Crippen LogP) is 5.34. The SMILES string of the molecule is C[C@]12CCCCC1CC[C@H]1[C@@H]3CCC[C@@]3(C=CCO)CC[C@@H]12. The van der Waals surface area contributed by atoms with Crippen LogP contribution in [-0.4, -0.2) is 11.7 Å². The summed E-state index contributed by atoms with van der Waals surface area (Å²) < 4.78 is 0. The normalized spacial score (nSPS) is 51.4. The molecule has 4 aliphatic rings. The van der Waals surface area contributed by atoms with E-state index in [-0.39, 0.29) is 6.61 Å². The van der Waals surface area contributed by atoms with Crippen LogP contribution in [0.4, 0.5) is 0 Å². The summed E-state index contributed by atoms with van der Waals surface area (Å²) in [4.78, 5) is 0. The van der Waals surface area contributed by atoms with Gasteiger partial charge in [0.05, 0.1) is 6.61 Å². The van der Waals surface area contributed by atoms with Gasteiger partial charge in [0, 0.05) is 0 Å². The molecule has 4 fully saturated rings. The fourth-order valence-corrected chi connectivity index (χ4v) is 7.58. The molecule has 0 aliphatic heterocycles. The molecule has 0 aromatic rings. The molecule has 0 spiro atoms. The third-order valence-electron chi connectivity index (χ3n) is 8.55. The number of allylic oxidation sites excluding steroid dienone is 1. The fraction of sp³-hybridized carbons (Fsp3) is 0.905. The van der Waals surface area contributed by atoms with Gasteiger partial charge in [0.1, 0.15) is 0 Å². The molecule has 0 bridgehead atoms. The molecule has 6 atom stereocenters. The standard InChI is InChI=1S/C21H34O/c1-20-11-3-2-6-16(20)8-9-17-18(20)10-14-21(13-5-15-22)12-4-7-19(17)21/h5,13,16-19,22H,2-4,6-12,14-15H2,1H3/t16?,17-,18+,19+,20+,21-/m1/s1. The van der Waals surface area contributed by atoms with Crippen molar-refractivity contribution in [1.82, 2.24) is 0 Å². The Labute approximate surface area is 136 Å². The van der Waals surface area contributed by atoms with Crippen molar-refractivity contribution in [3.05, 3.63) is 12.2 Å². The van der Waals surface area contributed by atoms with Crippen LogP contribution in [-0.2, 0) is 0 Å². The van der Waals surface area contributed by atoms with Crippen LogP contribution in [0, 0.1) is 34.5 Å². The summed E-state index contributed by atoms with van der Waals surface area (Å²) in [6, 6.07) is 0. The minimum absolute atomic E-state index is 0.225. The molecule has 4 aliphatic carbocycles. The van der Waals surface area contributed by atoms with Crippen molar-refractivity contribution in [2.45, 2.75) is 77.6 Å². The number of rotatable bonds is 2. The van der Waals surface area contributed by atoms with E-state index in [1.165, 1.54) is 70.6 Å². The average molecular weight is 303 g/mol. The van der Waals surface area contributed by atoms with Crippen molar-refractivity contribution in [2.75, 3.05) is 6.61 Å². The molecular formula is C21H34O. The zero-order valence-electron chi connectivity index (χ0n) is 14.4. The Morgan fingerprint density at radius 3 is 2.68 bits per heavy atom. The van der Waals surface area contributed by atoms with Crippen LogP contribution in [0.5, 0.6) is 0 Å². The first-order valence-corrected chi connectivity index (χ1v) is 9.98. The third-order valence-corrected chi connectivity index (χ3v) is 8.55. The van der Waals surface area contributed by atoms with Gasteiger partial charge in [-0.15, -0.1) is 0 Å². The van der Waals surface area contributed by atoms with E-state index < -0.39 is 0 Å². The molecule has 22 heavy (non-hydrogen) atoms. The second-order valence-corrected chi connectivity index (χ2v) is 9.15. The lowest BCUT2D eigenvalue weighted by Crippen LogP contribution is -2.52. The molecule has 0 aromatic heterocycles. The van der Waals surface area contributed by atoms with E-state index in [0.29, 0.717) is 10.8 Å². The van der Waals surface area contributed by atoms with Gasteiger partial charge in [0.15, 0.2) is 0 Å². The van der Waals surface area contributed by atoms with Gasteiger partial charge in [-0.05, 0) is 85.9 Å². The molecule has 1 heteroatoms. The van der Waals surface area contributed by atoms with Crippen molar-refractivity contribution in [1.29, 1.82) is 0 Å². The third kappa shape index (κ3) is 2.14. The highest BCUT2D eigenvalue weighted by atomic mass is 16.2. The maximum absolute atomic E-state index is 9.25. The van der Waals surface area contributed by atoms with Crippen molar-refractivity contribution >= 4 is 0 Å². The molecule has 0 amide bonds. The molecule has 4 saturated carbocycles. The Hall–Kier alpha value is -0.300. The summed E-state index contributed by atoms with van der Waals surface area (Å²) in [6.07, 6.45) is 20.6. The summed E-state index contributed by atoms with van der Waals surface area (Å²) in [7, 11) is 0. The van der Waals surface area contributed by atoms with Crippen LogP contribution in [0.1, 0.15) is 77.6 Å². The van der Waals surface area contributed by atoms with Crippen LogP contribution in [0.2, 0.25) is 0 Å². The van der Waals surface area contributed by atoms with Gasteiger partial charge in [0.25, 0.3) is 0 Å². The lowest BCUT2D eigenvalue weighted by Gasteiger charge is -2.60. The smallest absolute Gasteiger partial charge is 0.0612 e. The van der Waals surface area contributed by atoms with E-state index in [0.717, 1.165) is 23.7 Å². The Morgan fingerprint density at radius 2 is 1.82 bits per heavy atom. The lowest BCUT2D eigenvalue weighted by molar-refractivity contribution is -0.0967. The second-order valence-electron chi connectivity index (χ2n) is 9.15. The zero-order chi connectivity index (χ0) is 15.2. The van der Waals surface area contributed by atoms with E-state index in [4.69, 9.17) is 0 Å². The fourth-order valence-electron chi connectivity index (χ4n) is 7.58. The number of fused-ring (bicyclic) bond motifs is 5. The topological polar surface area (TPSA) is 20.2 Å². The summed E-state index contributed by atoms with van der Waals surface area (Å²) in [5.41, 5.74) is 1.12. The van der Waals surface area contributed by atoms with E-state index in [2.05, 4.69) is 13.0 Å². The summed E-state index contributed by atoms with van der Waals surface area (Å²) >= 11 is 0. The van der Waals surface area contributed by atoms with Crippen molar-refractivity contribution in [3.8, 4) is 0 Å². The number of aliphatic hydroxyl groups is 1. The highest BCUT2D eigenvalue weighted by Crippen LogP contribution is 2.66. The molecule has 0 radical (unpaired) electrons. The summed E-state index contributed by atoms with van der Waals surface area (Å²) in [6.45, 7) is 2.89. The van der Waals surface area contributed by atoms with E-state index in [9.17, 15) is 5.11 Å². The van der Waals surface area contributed by atoms with Crippen LogP contribution in [0.25, 0.3) is 0 Å². The van der Waals surface area contributed by atoms with E-state index >= 15 is 0 Å². The lowest BCUT2D eigenvalue weighted by atomic mass is 9.45. The van der Waals surface area contributed by atoms with Crippen LogP contribution in [0.15, 0.2) is 12.2 Å². The summed E-state index contributed by atoms with van der Waals surface area (Å²) in [5, 5.41) is 9.25. The molecule has 0 saturated heterocycles. The van der Waals surface area contributed by atoms with Crippen LogP contribution < -0.4 is 0 Å². The molecule has 124 valence electrons. The summed E-state index contributed by atoms with van der Waals surface area (Å²) in [5.74, 6) is 3.95. The number of hydrogen-bond acceptors (Lipinski definition) is 1. The van der Waals surface area contributed by atoms with Crippen molar-refractivity contribution < 1.29 is 5.11 Å². The molecule has 0 aromatic carbocycles. The average Bonchev–Trinajstić information content (AvgIpc) is 2.96. The first-order valence-electron chi connectivity index (χ1n) is 9.98. The molecule has 1 unspecified atom stereocenters. The van der Waals surface area contributed by atoms with Gasteiger partial charge in [-0.2, -0.15) is 0 Å². The van der Waals surface area contributed by atoms with Gasteiger partial charge < -0.3 is 5.11 Å². The highest BCUT2D eigenvalue weighted by molar-refractivity contribution is 5.14. The van der Waals surface area contributed by atoms with Crippen molar-refractivity contribution in [2.24, 2.45) is 34.5 Å². The highest BCUT2D eigenvalue weighted by Gasteiger charge is 2.57. The van der Waals surface area contributed by atoms with Gasteiger partial charge in [-0.1, -0.05) is 38.3 Å². The maximum Gasteiger partial charge on any atom is 0.0612 e. The molecule has 1 nitrogen and oxygen atoms in total. The number of hydrogen-bond donors (Lipinski definition) is 1. The van der Waals surface area contributed by atoms with E-state index in [1.807, 2.05) is 6.08 Å². The quantitative estimate of drug-likeness (QED) is 0.683. The first kappa shape index (κ1) is 15.2. The minimum atomic E-state index is 0.225. The molecular weight excluding hydrogens is 268 g/mol. The number of aliphatic hydroxyl groups excluding tert-OH is 1. The zero-order valence-corrected chi connectivity index (χ0v) is 14.4. The molecule has 4 rings (SSSR count). The Morgan fingerprint density at radius 1 is 0.909 bits per heavy atom. The Balaban J connectivity index is 1.62. The first-order chi connectivity index (χ1) is 10.7. The largest absolute Gasteiger partial charge is 0.392 e. The Kier molecular flexibility index (Phi) is 3.92. The van der Waals surface area contributed by atoms with Gasteiger partial charge in [-0.25, -0.2) is 0 Å². The van der Waals surface area contributed by atoms with Gasteiger partial charge in [-0.3, -0.25) is 0 Å². The van der Waals surface area contributed by atoms with Gasteiger partial charge in [0.2, 0.25) is 0 Å².